The molecule has 0 aliphatic heterocycles. The first-order chi connectivity index (χ1) is 18.3. The van der Waals surface area contributed by atoms with Crippen molar-refractivity contribution >= 4 is 40.7 Å². The number of hydrogen-bond acceptors (Lipinski definition) is 4. The van der Waals surface area contributed by atoms with Crippen molar-refractivity contribution < 1.29 is 4.79 Å². The van der Waals surface area contributed by atoms with E-state index in [9.17, 15) is 4.79 Å². The van der Waals surface area contributed by atoms with Crippen molar-refractivity contribution in [1.82, 2.24) is 29.9 Å². The molecule has 0 spiro atoms. The first kappa shape index (κ1) is 26.0. The molecule has 0 unspecified atom stereocenters. The molecule has 0 aliphatic carbocycles. The molecular weight excluding hydrogens is 543 g/mol. The van der Waals surface area contributed by atoms with Crippen LogP contribution in [0.1, 0.15) is 32.7 Å². The second-order valence-electron chi connectivity index (χ2n) is 8.84. The fourth-order valence-electron chi connectivity index (χ4n) is 4.37. The molecular formula is C28H23Cl3N6O. The van der Waals surface area contributed by atoms with E-state index in [2.05, 4.69) is 15.4 Å². The van der Waals surface area contributed by atoms with Crippen molar-refractivity contribution in [3.63, 3.8) is 0 Å². The highest BCUT2D eigenvalue weighted by molar-refractivity contribution is 6.35. The van der Waals surface area contributed by atoms with Gasteiger partial charge in [-0.3, -0.25) is 4.79 Å². The average molecular weight is 566 g/mol. The fourth-order valence-corrected chi connectivity index (χ4v) is 4.99. The molecule has 3 aromatic carbocycles. The van der Waals surface area contributed by atoms with Crippen molar-refractivity contribution in [3.8, 4) is 16.9 Å². The summed E-state index contributed by atoms with van der Waals surface area (Å²) in [6.45, 7) is 4.68. The Morgan fingerprint density at radius 3 is 2.29 bits per heavy atom. The van der Waals surface area contributed by atoms with Crippen LogP contribution in [-0.2, 0) is 13.1 Å². The van der Waals surface area contributed by atoms with Crippen molar-refractivity contribution in [2.24, 2.45) is 0 Å². The highest BCUT2D eigenvalue weighted by Gasteiger charge is 2.26. The van der Waals surface area contributed by atoms with Gasteiger partial charge >= 0.3 is 0 Å². The van der Waals surface area contributed by atoms with E-state index < -0.39 is 0 Å². The summed E-state index contributed by atoms with van der Waals surface area (Å²) in [6, 6.07) is 18.5. The van der Waals surface area contributed by atoms with E-state index in [0.717, 1.165) is 22.3 Å². The number of rotatable bonds is 7. The van der Waals surface area contributed by atoms with Crippen LogP contribution in [-0.4, -0.2) is 30.5 Å². The number of nitrogens with zero attached hydrogens (tertiary/aromatic N) is 5. The lowest BCUT2D eigenvalue weighted by Crippen LogP contribution is -2.25. The minimum Gasteiger partial charge on any atom is -0.347 e. The zero-order chi connectivity index (χ0) is 26.8. The Labute approximate surface area is 235 Å². The Hall–Kier alpha value is -3.65. The van der Waals surface area contributed by atoms with Crippen LogP contribution in [0.2, 0.25) is 15.1 Å². The van der Waals surface area contributed by atoms with E-state index in [-0.39, 0.29) is 18.1 Å². The van der Waals surface area contributed by atoms with Crippen molar-refractivity contribution in [1.29, 1.82) is 0 Å². The number of carbonyl (C=O) groups is 1. The number of aromatic nitrogens is 5. The number of benzene rings is 3. The molecule has 1 N–H and O–H groups in total. The topological polar surface area (TPSA) is 77.6 Å². The molecule has 1 amide bonds. The zero-order valence-corrected chi connectivity index (χ0v) is 22.9. The summed E-state index contributed by atoms with van der Waals surface area (Å²) in [5, 5.41) is 13.6. The third-order valence-electron chi connectivity index (χ3n) is 6.31. The summed E-state index contributed by atoms with van der Waals surface area (Å²) in [5.74, 6) is -0.318. The minimum absolute atomic E-state index is 0.253. The Kier molecular flexibility index (Phi) is 7.51. The minimum atomic E-state index is -0.318. The maximum absolute atomic E-state index is 13.7. The van der Waals surface area contributed by atoms with Gasteiger partial charge in [-0.25, -0.2) is 14.3 Å². The largest absolute Gasteiger partial charge is 0.347 e. The molecule has 7 nitrogen and oxygen atoms in total. The lowest BCUT2D eigenvalue weighted by atomic mass is 10.0. The molecule has 0 saturated carbocycles. The van der Waals surface area contributed by atoms with Crippen LogP contribution in [0.25, 0.3) is 16.9 Å². The summed E-state index contributed by atoms with van der Waals surface area (Å²) in [6.07, 6.45) is 3.04. The molecule has 0 bridgehead atoms. The van der Waals surface area contributed by atoms with Gasteiger partial charge in [-0.1, -0.05) is 65.1 Å². The van der Waals surface area contributed by atoms with E-state index in [1.165, 1.54) is 6.33 Å². The maximum atomic E-state index is 13.7. The number of carbonyl (C=O) groups excluding carboxylic acids is 1. The molecule has 10 heteroatoms. The van der Waals surface area contributed by atoms with Crippen LogP contribution >= 0.6 is 34.8 Å². The summed E-state index contributed by atoms with van der Waals surface area (Å²) in [7, 11) is 0. The molecule has 0 atom stereocenters. The van der Waals surface area contributed by atoms with Crippen LogP contribution < -0.4 is 5.32 Å². The van der Waals surface area contributed by atoms with E-state index in [1.807, 2.05) is 44.2 Å². The van der Waals surface area contributed by atoms with Crippen LogP contribution in [0.5, 0.6) is 0 Å². The van der Waals surface area contributed by atoms with Crippen molar-refractivity contribution in [2.45, 2.75) is 26.9 Å². The maximum Gasteiger partial charge on any atom is 0.272 e. The monoisotopic (exact) mass is 564 g/mol. The lowest BCUT2D eigenvalue weighted by molar-refractivity contribution is 0.0944. The first-order valence-corrected chi connectivity index (χ1v) is 12.9. The molecule has 0 fully saturated rings. The molecule has 0 radical (unpaired) electrons. The van der Waals surface area contributed by atoms with Gasteiger partial charge in [0, 0.05) is 27.7 Å². The highest BCUT2D eigenvalue weighted by Crippen LogP contribution is 2.34. The van der Waals surface area contributed by atoms with Crippen LogP contribution in [0.3, 0.4) is 0 Å². The molecule has 2 aromatic heterocycles. The van der Waals surface area contributed by atoms with Crippen LogP contribution in [0.4, 0.5) is 0 Å². The lowest BCUT2D eigenvalue weighted by Gasteiger charge is -2.12. The Bertz CT molecular complexity index is 1590. The molecule has 0 aliphatic rings. The third kappa shape index (κ3) is 5.31. The van der Waals surface area contributed by atoms with Gasteiger partial charge in [-0.2, -0.15) is 10.2 Å². The molecule has 38 heavy (non-hydrogen) atoms. The number of amides is 1. The molecule has 0 saturated heterocycles. The molecule has 5 rings (SSSR count). The molecule has 192 valence electrons. The van der Waals surface area contributed by atoms with E-state index in [0.29, 0.717) is 38.6 Å². The molecule has 5 aromatic rings. The molecule has 2 heterocycles. The normalized spacial score (nSPS) is 11.1. The quantitative estimate of drug-likeness (QED) is 0.239. The van der Waals surface area contributed by atoms with Crippen LogP contribution in [0.15, 0.2) is 73.3 Å². The standard InChI is InChI=1S/C28H23Cl3N6O/c1-17-4-3-5-18(2)22(17)13-33-28(38)26-23(14-36-16-32-15-34-36)27(19-6-8-20(29)9-7-19)37(35-26)25-11-10-21(30)12-24(25)31/h3-12,15-16H,13-14H2,1-2H3,(H,33,38). The Balaban J connectivity index is 1.67. The first-order valence-electron chi connectivity index (χ1n) is 11.8. The van der Waals surface area contributed by atoms with E-state index in [4.69, 9.17) is 39.9 Å². The van der Waals surface area contributed by atoms with Crippen LogP contribution in [0, 0.1) is 13.8 Å². The van der Waals surface area contributed by atoms with Gasteiger partial charge in [0.2, 0.25) is 0 Å². The van der Waals surface area contributed by atoms with Gasteiger partial charge in [0.1, 0.15) is 12.7 Å². The van der Waals surface area contributed by atoms with E-state index in [1.54, 1.807) is 46.0 Å². The highest BCUT2D eigenvalue weighted by atomic mass is 35.5. The summed E-state index contributed by atoms with van der Waals surface area (Å²) < 4.78 is 3.31. The summed E-state index contributed by atoms with van der Waals surface area (Å²) in [4.78, 5) is 17.8. The number of aryl methyl sites for hydroxylation is 2. The second kappa shape index (κ2) is 11.0. The Morgan fingerprint density at radius 1 is 0.921 bits per heavy atom. The predicted molar refractivity (Wildman–Crippen MR) is 150 cm³/mol. The van der Waals surface area contributed by atoms with Crippen molar-refractivity contribution in [3.05, 3.63) is 116 Å². The number of nitrogens with one attached hydrogen (secondary N) is 1. The third-order valence-corrected chi connectivity index (χ3v) is 7.10. The van der Waals surface area contributed by atoms with E-state index >= 15 is 0 Å². The number of halogens is 3. The van der Waals surface area contributed by atoms with Gasteiger partial charge in [0.05, 0.1) is 22.9 Å². The summed E-state index contributed by atoms with van der Waals surface area (Å²) >= 11 is 19.0. The van der Waals surface area contributed by atoms with Gasteiger partial charge in [-0.15, -0.1) is 0 Å². The summed E-state index contributed by atoms with van der Waals surface area (Å²) in [5.41, 5.74) is 6.24. The zero-order valence-electron chi connectivity index (χ0n) is 20.6. The number of hydrogen-bond donors (Lipinski definition) is 1. The van der Waals surface area contributed by atoms with Gasteiger partial charge in [0.15, 0.2) is 5.69 Å². The van der Waals surface area contributed by atoms with Gasteiger partial charge < -0.3 is 5.32 Å². The fraction of sp³-hybridized carbons (Fsp3) is 0.143. The van der Waals surface area contributed by atoms with Gasteiger partial charge in [0.25, 0.3) is 5.91 Å². The average Bonchev–Trinajstić information content (AvgIpc) is 3.53. The van der Waals surface area contributed by atoms with Crippen molar-refractivity contribution in [2.75, 3.05) is 0 Å². The van der Waals surface area contributed by atoms with Gasteiger partial charge in [-0.05, 0) is 60.9 Å². The second-order valence-corrected chi connectivity index (χ2v) is 10.1. The SMILES string of the molecule is Cc1cccc(C)c1CNC(=O)c1nn(-c2ccc(Cl)cc2Cl)c(-c2ccc(Cl)cc2)c1Cn1cncn1. The predicted octanol–water partition coefficient (Wildman–Crippen LogP) is 6.69. The Morgan fingerprint density at radius 2 is 1.63 bits per heavy atom. The smallest absolute Gasteiger partial charge is 0.272 e.